The van der Waals surface area contributed by atoms with E-state index >= 15 is 0 Å². The highest BCUT2D eigenvalue weighted by molar-refractivity contribution is 5.98. The molecular weight excluding hydrogens is 292 g/mol. The molecular formula is C15H13F2N3O2. The third-order valence-corrected chi connectivity index (χ3v) is 2.73. The Balaban J connectivity index is 1.90. The maximum absolute atomic E-state index is 13.0. The summed E-state index contributed by atoms with van der Waals surface area (Å²) in [5.74, 6) is -3.13. The predicted octanol–water partition coefficient (Wildman–Crippen LogP) is 2.04. The number of carbonyl (C=O) groups excluding carboxylic acids is 2. The Labute approximate surface area is 125 Å². The zero-order chi connectivity index (χ0) is 16.1. The lowest BCUT2D eigenvalue weighted by atomic mass is 10.3. The van der Waals surface area contributed by atoms with Gasteiger partial charge in [0.2, 0.25) is 5.91 Å². The number of amides is 2. The number of aryl methyl sites for hydroxylation is 1. The molecule has 1 heterocycles. The summed E-state index contributed by atoms with van der Waals surface area (Å²) in [5, 5.41) is 4.74. The van der Waals surface area contributed by atoms with Crippen LogP contribution in [0.4, 0.5) is 14.5 Å². The fourth-order valence-electron chi connectivity index (χ4n) is 1.70. The van der Waals surface area contributed by atoms with Crippen molar-refractivity contribution in [1.29, 1.82) is 0 Å². The van der Waals surface area contributed by atoms with Gasteiger partial charge in [0.05, 0.1) is 6.54 Å². The Kier molecular flexibility index (Phi) is 4.77. The van der Waals surface area contributed by atoms with E-state index in [1.807, 2.05) is 0 Å². The van der Waals surface area contributed by atoms with Gasteiger partial charge in [0, 0.05) is 17.4 Å². The molecule has 114 valence electrons. The Morgan fingerprint density at radius 2 is 1.91 bits per heavy atom. The topological polar surface area (TPSA) is 71.1 Å². The number of pyridine rings is 1. The number of rotatable bonds is 4. The fraction of sp³-hybridized carbons (Fsp3) is 0.133. The van der Waals surface area contributed by atoms with Gasteiger partial charge in [-0.1, -0.05) is 6.07 Å². The van der Waals surface area contributed by atoms with Gasteiger partial charge < -0.3 is 10.6 Å². The van der Waals surface area contributed by atoms with Crippen LogP contribution in [0.5, 0.6) is 0 Å². The van der Waals surface area contributed by atoms with Crippen molar-refractivity contribution in [2.24, 2.45) is 0 Å². The van der Waals surface area contributed by atoms with Crippen LogP contribution in [0.2, 0.25) is 0 Å². The molecule has 7 heteroatoms. The lowest BCUT2D eigenvalue weighted by Crippen LogP contribution is -2.33. The van der Waals surface area contributed by atoms with Crippen molar-refractivity contribution in [3.05, 3.63) is 59.4 Å². The molecule has 2 rings (SSSR count). The summed E-state index contributed by atoms with van der Waals surface area (Å²) >= 11 is 0. The van der Waals surface area contributed by atoms with Crippen LogP contribution in [0.25, 0.3) is 0 Å². The highest BCUT2D eigenvalue weighted by Crippen LogP contribution is 2.12. The first-order valence-electron chi connectivity index (χ1n) is 6.42. The van der Waals surface area contributed by atoms with Crippen molar-refractivity contribution < 1.29 is 18.4 Å². The smallest absolute Gasteiger partial charge is 0.270 e. The van der Waals surface area contributed by atoms with Gasteiger partial charge in [0.25, 0.3) is 5.91 Å². The molecule has 2 aromatic rings. The van der Waals surface area contributed by atoms with Crippen LogP contribution in [-0.4, -0.2) is 23.3 Å². The zero-order valence-electron chi connectivity index (χ0n) is 11.7. The van der Waals surface area contributed by atoms with Gasteiger partial charge in [-0.05, 0) is 31.2 Å². The van der Waals surface area contributed by atoms with Crippen LogP contribution in [-0.2, 0) is 4.79 Å². The number of carbonyl (C=O) groups is 2. The second-order valence-corrected chi connectivity index (χ2v) is 4.52. The summed E-state index contributed by atoms with van der Waals surface area (Å²) < 4.78 is 25.8. The largest absolute Gasteiger partial charge is 0.342 e. The van der Waals surface area contributed by atoms with Crippen LogP contribution in [0.1, 0.15) is 16.2 Å². The van der Waals surface area contributed by atoms with Crippen LogP contribution >= 0.6 is 0 Å². The Bertz CT molecular complexity index is 720. The van der Waals surface area contributed by atoms with E-state index in [9.17, 15) is 18.4 Å². The second kappa shape index (κ2) is 6.75. The van der Waals surface area contributed by atoms with Gasteiger partial charge in [-0.2, -0.15) is 0 Å². The molecule has 5 nitrogen and oxygen atoms in total. The first-order chi connectivity index (χ1) is 10.5. The van der Waals surface area contributed by atoms with E-state index in [-0.39, 0.29) is 17.9 Å². The zero-order valence-corrected chi connectivity index (χ0v) is 11.7. The van der Waals surface area contributed by atoms with Crippen LogP contribution < -0.4 is 10.6 Å². The van der Waals surface area contributed by atoms with Crippen molar-refractivity contribution in [1.82, 2.24) is 10.3 Å². The van der Waals surface area contributed by atoms with Gasteiger partial charge in [-0.3, -0.25) is 9.59 Å². The maximum Gasteiger partial charge on any atom is 0.270 e. The van der Waals surface area contributed by atoms with E-state index in [1.54, 1.807) is 19.1 Å². The lowest BCUT2D eigenvalue weighted by Gasteiger charge is -2.07. The molecule has 0 unspecified atom stereocenters. The van der Waals surface area contributed by atoms with Crippen LogP contribution in [0.15, 0.2) is 36.4 Å². The molecule has 0 saturated carbocycles. The highest BCUT2D eigenvalue weighted by Gasteiger charge is 2.10. The number of halogens is 2. The number of hydrogen-bond donors (Lipinski definition) is 2. The second-order valence-electron chi connectivity index (χ2n) is 4.52. The molecule has 1 aromatic carbocycles. The number of nitrogens with one attached hydrogen (secondary N) is 2. The molecule has 0 aliphatic rings. The van der Waals surface area contributed by atoms with E-state index in [1.165, 1.54) is 12.1 Å². The summed E-state index contributed by atoms with van der Waals surface area (Å²) in [6.07, 6.45) is 0. The number of nitrogens with zero attached hydrogens (tertiary/aromatic N) is 1. The van der Waals surface area contributed by atoms with E-state index in [2.05, 4.69) is 15.6 Å². The summed E-state index contributed by atoms with van der Waals surface area (Å²) in [4.78, 5) is 27.5. The molecule has 0 radical (unpaired) electrons. The standard InChI is InChI=1S/C15H13F2N3O2/c1-9-3-2-4-13(19-9)15(22)18-8-14(21)20-10-5-6-11(16)12(17)7-10/h2-7H,8H2,1H3,(H,18,22)(H,20,21). The first kappa shape index (κ1) is 15.6. The molecule has 0 spiro atoms. The van der Waals surface area contributed by atoms with Crippen molar-refractivity contribution in [2.45, 2.75) is 6.92 Å². The molecule has 2 N–H and O–H groups in total. The van der Waals surface area contributed by atoms with Gasteiger partial charge in [0.1, 0.15) is 5.69 Å². The third-order valence-electron chi connectivity index (χ3n) is 2.73. The van der Waals surface area contributed by atoms with E-state index in [4.69, 9.17) is 0 Å². The minimum Gasteiger partial charge on any atom is -0.342 e. The monoisotopic (exact) mass is 305 g/mol. The fourth-order valence-corrected chi connectivity index (χ4v) is 1.70. The quantitative estimate of drug-likeness (QED) is 0.908. The lowest BCUT2D eigenvalue weighted by molar-refractivity contribution is -0.115. The number of anilines is 1. The predicted molar refractivity (Wildman–Crippen MR) is 76.3 cm³/mol. The molecule has 0 bridgehead atoms. The maximum atomic E-state index is 13.0. The van der Waals surface area contributed by atoms with Crippen molar-refractivity contribution >= 4 is 17.5 Å². The van der Waals surface area contributed by atoms with Gasteiger partial charge in [-0.25, -0.2) is 13.8 Å². The van der Waals surface area contributed by atoms with Gasteiger partial charge >= 0.3 is 0 Å². The minimum absolute atomic E-state index is 0.104. The Hall–Kier alpha value is -2.83. The Morgan fingerprint density at radius 1 is 1.14 bits per heavy atom. The van der Waals surface area contributed by atoms with Crippen LogP contribution in [0, 0.1) is 18.6 Å². The number of aromatic nitrogens is 1. The molecule has 0 fully saturated rings. The van der Waals surface area contributed by atoms with Crippen LogP contribution in [0.3, 0.4) is 0 Å². The highest BCUT2D eigenvalue weighted by atomic mass is 19.2. The first-order valence-corrected chi connectivity index (χ1v) is 6.42. The van der Waals surface area contributed by atoms with Gasteiger partial charge in [-0.15, -0.1) is 0 Å². The molecule has 0 aliphatic heterocycles. The summed E-state index contributed by atoms with van der Waals surface area (Å²) in [6.45, 7) is 1.43. The molecule has 0 saturated heterocycles. The Morgan fingerprint density at radius 3 is 2.59 bits per heavy atom. The summed E-state index contributed by atoms with van der Waals surface area (Å²) in [5.41, 5.74) is 0.978. The molecule has 2 amide bonds. The normalized spacial score (nSPS) is 10.1. The SMILES string of the molecule is Cc1cccc(C(=O)NCC(=O)Nc2ccc(F)c(F)c2)n1. The average Bonchev–Trinajstić information content (AvgIpc) is 2.48. The molecule has 0 aliphatic carbocycles. The van der Waals surface area contributed by atoms with Crippen molar-refractivity contribution in [2.75, 3.05) is 11.9 Å². The van der Waals surface area contributed by atoms with Gasteiger partial charge in [0.15, 0.2) is 11.6 Å². The van der Waals surface area contributed by atoms with E-state index in [0.29, 0.717) is 5.69 Å². The summed E-state index contributed by atoms with van der Waals surface area (Å²) in [6, 6.07) is 7.93. The summed E-state index contributed by atoms with van der Waals surface area (Å²) in [7, 11) is 0. The van der Waals surface area contributed by atoms with E-state index < -0.39 is 23.4 Å². The minimum atomic E-state index is -1.06. The van der Waals surface area contributed by atoms with Crippen molar-refractivity contribution in [3.8, 4) is 0 Å². The average molecular weight is 305 g/mol. The van der Waals surface area contributed by atoms with E-state index in [0.717, 1.165) is 12.1 Å². The molecule has 0 atom stereocenters. The molecule has 1 aromatic heterocycles. The third kappa shape index (κ3) is 4.08. The van der Waals surface area contributed by atoms with Crippen molar-refractivity contribution in [3.63, 3.8) is 0 Å². The molecule has 22 heavy (non-hydrogen) atoms. The number of hydrogen-bond acceptors (Lipinski definition) is 3. The number of benzene rings is 1.